The Morgan fingerprint density at radius 1 is 1.30 bits per heavy atom. The number of nitrogens with zero attached hydrogens (tertiary/aromatic N) is 2. The molecule has 104 valence electrons. The van der Waals surface area contributed by atoms with Crippen LogP contribution in [0.25, 0.3) is 0 Å². The summed E-state index contributed by atoms with van der Waals surface area (Å²) in [7, 11) is 1.82. The molecule has 1 heterocycles. The van der Waals surface area contributed by atoms with Gasteiger partial charge in [-0.05, 0) is 43.7 Å². The zero-order valence-corrected chi connectivity index (χ0v) is 12.1. The van der Waals surface area contributed by atoms with Gasteiger partial charge in [0.15, 0.2) is 0 Å². The first-order chi connectivity index (χ1) is 9.65. The van der Waals surface area contributed by atoms with Gasteiger partial charge in [0.2, 0.25) is 0 Å². The molecular formula is C16H19N3O. The summed E-state index contributed by atoms with van der Waals surface area (Å²) in [4.78, 5) is 18.5. The maximum absolute atomic E-state index is 12.5. The van der Waals surface area contributed by atoms with Gasteiger partial charge in [-0.1, -0.05) is 12.1 Å². The van der Waals surface area contributed by atoms with Gasteiger partial charge in [-0.2, -0.15) is 0 Å². The molecule has 0 saturated carbocycles. The van der Waals surface area contributed by atoms with Crippen molar-refractivity contribution in [2.24, 2.45) is 0 Å². The second-order valence-corrected chi connectivity index (χ2v) is 4.57. The molecule has 2 aromatic rings. The largest absolute Gasteiger partial charge is 0.387 e. The van der Waals surface area contributed by atoms with Crippen LogP contribution in [-0.2, 0) is 0 Å². The summed E-state index contributed by atoms with van der Waals surface area (Å²) in [6.07, 6.45) is 1.66. The third-order valence-corrected chi connectivity index (χ3v) is 3.15. The van der Waals surface area contributed by atoms with Gasteiger partial charge in [0.25, 0.3) is 5.91 Å². The van der Waals surface area contributed by atoms with E-state index in [1.807, 2.05) is 51.2 Å². The zero-order valence-electron chi connectivity index (χ0n) is 12.1. The molecule has 20 heavy (non-hydrogen) atoms. The summed E-state index contributed by atoms with van der Waals surface area (Å²) >= 11 is 0. The molecule has 2 rings (SSSR count). The minimum absolute atomic E-state index is 0.0826. The summed E-state index contributed by atoms with van der Waals surface area (Å²) in [5, 5.41) is 2.99. The van der Waals surface area contributed by atoms with E-state index in [1.165, 1.54) is 0 Å². The highest BCUT2D eigenvalue weighted by Gasteiger charge is 2.17. The monoisotopic (exact) mass is 269 g/mol. The van der Waals surface area contributed by atoms with E-state index in [0.717, 1.165) is 16.9 Å². The first kappa shape index (κ1) is 14.1. The maximum Gasteiger partial charge on any atom is 0.276 e. The Balaban J connectivity index is 2.28. The topological polar surface area (TPSA) is 45.2 Å². The van der Waals surface area contributed by atoms with Crippen LogP contribution in [0.3, 0.4) is 0 Å². The number of hydrogen-bond donors (Lipinski definition) is 1. The van der Waals surface area contributed by atoms with Crippen LogP contribution in [0.4, 0.5) is 11.4 Å². The number of pyridine rings is 1. The van der Waals surface area contributed by atoms with Gasteiger partial charge in [0.1, 0.15) is 5.69 Å². The van der Waals surface area contributed by atoms with Crippen molar-refractivity contribution in [1.82, 2.24) is 4.98 Å². The lowest BCUT2D eigenvalue weighted by Gasteiger charge is -2.21. The van der Waals surface area contributed by atoms with E-state index in [4.69, 9.17) is 0 Å². The molecule has 0 fully saturated rings. The molecule has 0 aliphatic heterocycles. The lowest BCUT2D eigenvalue weighted by atomic mass is 10.2. The highest BCUT2D eigenvalue weighted by Crippen LogP contribution is 2.18. The molecule has 0 bridgehead atoms. The fourth-order valence-electron chi connectivity index (χ4n) is 2.05. The van der Waals surface area contributed by atoms with Crippen molar-refractivity contribution in [1.29, 1.82) is 0 Å². The van der Waals surface area contributed by atoms with E-state index in [2.05, 4.69) is 10.3 Å². The summed E-state index contributed by atoms with van der Waals surface area (Å²) in [6.45, 7) is 4.59. The zero-order chi connectivity index (χ0) is 14.5. The predicted octanol–water partition coefficient (Wildman–Crippen LogP) is 3.10. The van der Waals surface area contributed by atoms with Gasteiger partial charge < -0.3 is 10.2 Å². The molecule has 0 atom stereocenters. The summed E-state index contributed by atoms with van der Waals surface area (Å²) < 4.78 is 0. The molecule has 0 aliphatic rings. The van der Waals surface area contributed by atoms with Gasteiger partial charge in [-0.3, -0.25) is 4.79 Å². The van der Waals surface area contributed by atoms with Crippen molar-refractivity contribution in [3.05, 3.63) is 53.9 Å². The van der Waals surface area contributed by atoms with Crippen molar-refractivity contribution >= 4 is 17.3 Å². The second kappa shape index (κ2) is 6.19. The van der Waals surface area contributed by atoms with Gasteiger partial charge in [-0.15, -0.1) is 0 Å². The standard InChI is InChI=1S/C16H19N3O/c1-4-19(14-7-5-6-12(2)10-14)16(20)15-9-8-13(17-3)11-18-15/h5-11,17H,4H2,1-3H3. The van der Waals surface area contributed by atoms with E-state index >= 15 is 0 Å². The molecule has 0 radical (unpaired) electrons. The Bertz CT molecular complexity index is 593. The number of rotatable bonds is 4. The molecule has 1 amide bonds. The van der Waals surface area contributed by atoms with Crippen LogP contribution >= 0.6 is 0 Å². The van der Waals surface area contributed by atoms with Gasteiger partial charge in [-0.25, -0.2) is 4.98 Å². The van der Waals surface area contributed by atoms with Crippen LogP contribution in [0.1, 0.15) is 23.0 Å². The summed E-state index contributed by atoms with van der Waals surface area (Å²) in [6, 6.07) is 11.5. The molecule has 4 heteroatoms. The molecule has 0 unspecified atom stereocenters. The van der Waals surface area contributed by atoms with Crippen molar-refractivity contribution in [3.63, 3.8) is 0 Å². The number of carbonyl (C=O) groups is 1. The van der Waals surface area contributed by atoms with E-state index in [1.54, 1.807) is 17.2 Å². The third-order valence-electron chi connectivity index (χ3n) is 3.15. The lowest BCUT2D eigenvalue weighted by Crippen LogP contribution is -2.31. The van der Waals surface area contributed by atoms with Crippen molar-refractivity contribution in [3.8, 4) is 0 Å². The third kappa shape index (κ3) is 2.96. The summed E-state index contributed by atoms with van der Waals surface area (Å²) in [5.74, 6) is -0.0826. The molecule has 1 aromatic heterocycles. The molecule has 0 saturated heterocycles. The quantitative estimate of drug-likeness (QED) is 0.927. The molecule has 0 aliphatic carbocycles. The SMILES string of the molecule is CCN(C(=O)c1ccc(NC)cn1)c1cccc(C)c1. The average molecular weight is 269 g/mol. The van der Waals surface area contributed by atoms with Gasteiger partial charge in [0, 0.05) is 19.3 Å². The van der Waals surface area contributed by atoms with Crippen molar-refractivity contribution in [2.75, 3.05) is 23.8 Å². The smallest absolute Gasteiger partial charge is 0.276 e. The predicted molar refractivity (Wildman–Crippen MR) is 82.3 cm³/mol. The van der Waals surface area contributed by atoms with Crippen LogP contribution in [0.5, 0.6) is 0 Å². The number of nitrogens with one attached hydrogen (secondary N) is 1. The second-order valence-electron chi connectivity index (χ2n) is 4.57. The Labute approximate surface area is 119 Å². The number of hydrogen-bond acceptors (Lipinski definition) is 3. The fourth-order valence-corrected chi connectivity index (χ4v) is 2.05. The average Bonchev–Trinajstić information content (AvgIpc) is 2.48. The Hall–Kier alpha value is -2.36. The number of aromatic nitrogens is 1. The minimum atomic E-state index is -0.0826. The van der Waals surface area contributed by atoms with E-state index < -0.39 is 0 Å². The molecule has 0 spiro atoms. The number of anilines is 2. The number of carbonyl (C=O) groups excluding carboxylic acids is 1. The van der Waals surface area contributed by atoms with Crippen LogP contribution in [-0.4, -0.2) is 24.5 Å². The number of amides is 1. The van der Waals surface area contributed by atoms with Crippen LogP contribution in [0.15, 0.2) is 42.6 Å². The molecule has 1 N–H and O–H groups in total. The van der Waals surface area contributed by atoms with Crippen LogP contribution < -0.4 is 10.2 Å². The fraction of sp³-hybridized carbons (Fsp3) is 0.250. The summed E-state index contributed by atoms with van der Waals surface area (Å²) in [5.41, 5.74) is 3.37. The van der Waals surface area contributed by atoms with E-state index in [9.17, 15) is 4.79 Å². The van der Waals surface area contributed by atoms with Crippen molar-refractivity contribution < 1.29 is 4.79 Å². The molecule has 4 nitrogen and oxygen atoms in total. The number of aryl methyl sites for hydroxylation is 1. The minimum Gasteiger partial charge on any atom is -0.387 e. The van der Waals surface area contributed by atoms with Crippen LogP contribution in [0, 0.1) is 6.92 Å². The van der Waals surface area contributed by atoms with Gasteiger partial charge in [0.05, 0.1) is 11.9 Å². The van der Waals surface area contributed by atoms with Gasteiger partial charge >= 0.3 is 0 Å². The Morgan fingerprint density at radius 2 is 2.10 bits per heavy atom. The molecular weight excluding hydrogens is 250 g/mol. The normalized spacial score (nSPS) is 10.2. The lowest BCUT2D eigenvalue weighted by molar-refractivity contribution is 0.0983. The van der Waals surface area contributed by atoms with Crippen molar-refractivity contribution in [2.45, 2.75) is 13.8 Å². The highest BCUT2D eigenvalue weighted by atomic mass is 16.2. The van der Waals surface area contributed by atoms with Crippen LogP contribution in [0.2, 0.25) is 0 Å². The van der Waals surface area contributed by atoms with E-state index in [0.29, 0.717) is 12.2 Å². The Morgan fingerprint density at radius 3 is 2.65 bits per heavy atom. The first-order valence-electron chi connectivity index (χ1n) is 6.68. The Kier molecular flexibility index (Phi) is 4.35. The highest BCUT2D eigenvalue weighted by molar-refractivity contribution is 6.04. The van der Waals surface area contributed by atoms with E-state index in [-0.39, 0.29) is 5.91 Å². The number of benzene rings is 1. The first-order valence-corrected chi connectivity index (χ1v) is 6.68. The maximum atomic E-state index is 12.5. The molecule has 1 aromatic carbocycles.